The summed E-state index contributed by atoms with van der Waals surface area (Å²) in [7, 11) is 3.23. The molecule has 0 aliphatic carbocycles. The largest absolute Gasteiger partial charge is 0.455 e. The Bertz CT molecular complexity index is 1570. The highest BCUT2D eigenvalue weighted by atomic mass is 32.1. The Morgan fingerprint density at radius 2 is 1.81 bits per heavy atom. The third-order valence-electron chi connectivity index (χ3n) is 10.4. The minimum atomic E-state index is -2.97. The van der Waals surface area contributed by atoms with Crippen molar-refractivity contribution in [3.8, 4) is 10.6 Å². The molecule has 0 radical (unpaired) electrons. The summed E-state index contributed by atoms with van der Waals surface area (Å²) in [5, 5.41) is 8.71. The number of rotatable bonds is 7. The number of fused-ring (bicyclic) bond motifs is 1. The zero-order chi connectivity index (χ0) is 35.8. The molecule has 16 heteroatoms. The number of methoxy groups -OCH3 is 1. The molecule has 0 saturated carbocycles. The zero-order valence-corrected chi connectivity index (χ0v) is 29.9. The van der Waals surface area contributed by atoms with E-state index in [1.807, 2.05) is 0 Å². The Hall–Kier alpha value is -3.66. The second-order valence-electron chi connectivity index (χ2n) is 13.6. The Kier molecular flexibility index (Phi) is 10.9. The zero-order valence-electron chi connectivity index (χ0n) is 29.1. The molecule has 2 saturated heterocycles. The van der Waals surface area contributed by atoms with Crippen LogP contribution >= 0.6 is 11.3 Å². The van der Waals surface area contributed by atoms with Crippen LogP contribution in [0.5, 0.6) is 0 Å². The topological polar surface area (TPSA) is 169 Å². The lowest BCUT2D eigenvalue weighted by atomic mass is 9.61. The molecule has 4 rings (SSSR count). The van der Waals surface area contributed by atoms with Crippen molar-refractivity contribution in [2.24, 2.45) is 17.8 Å². The second-order valence-corrected chi connectivity index (χ2v) is 14.6. The van der Waals surface area contributed by atoms with E-state index in [1.54, 1.807) is 78.6 Å². The number of alkyl halides is 1. The van der Waals surface area contributed by atoms with Crippen LogP contribution in [-0.4, -0.2) is 99.0 Å². The van der Waals surface area contributed by atoms with Gasteiger partial charge in [0.15, 0.2) is 16.5 Å². The summed E-state index contributed by atoms with van der Waals surface area (Å²) < 4.78 is 35.3. The monoisotopic (exact) mass is 688 g/mol. The highest BCUT2D eigenvalue weighted by Crippen LogP contribution is 2.44. The number of hydrogen-bond acceptors (Lipinski definition) is 12. The molecule has 2 fully saturated rings. The van der Waals surface area contributed by atoms with Crippen molar-refractivity contribution in [2.75, 3.05) is 19.4 Å². The molecule has 2 N–H and O–H groups in total. The van der Waals surface area contributed by atoms with Crippen molar-refractivity contribution in [1.29, 1.82) is 0 Å². The van der Waals surface area contributed by atoms with E-state index in [9.17, 15) is 19.2 Å². The van der Waals surface area contributed by atoms with Crippen LogP contribution in [0.3, 0.4) is 0 Å². The van der Waals surface area contributed by atoms with Crippen LogP contribution in [0, 0.1) is 17.8 Å². The molecule has 0 spiro atoms. The number of nitrogens with zero attached hydrogens (tertiary/aromatic N) is 5. The van der Waals surface area contributed by atoms with Crippen molar-refractivity contribution in [2.45, 2.75) is 103 Å². The number of carbonyl (C=O) groups excluding carboxylic acids is 4. The average molecular weight is 689 g/mol. The number of esters is 1. The van der Waals surface area contributed by atoms with Crippen molar-refractivity contribution in [3.63, 3.8) is 0 Å². The molecular formula is C32H46BFN6O7S. The number of anilines is 1. The number of nitrogens with two attached hydrogens (primary N) is 1. The van der Waals surface area contributed by atoms with Gasteiger partial charge in [-0.25, -0.2) is 23.6 Å². The number of cyclic esters (lactones) is 1. The summed E-state index contributed by atoms with van der Waals surface area (Å²) in [6, 6.07) is -0.897. The number of aromatic nitrogens is 4. The number of ether oxygens (including phenoxy) is 3. The van der Waals surface area contributed by atoms with Gasteiger partial charge in [0.1, 0.15) is 25.4 Å². The number of ketones is 2. The van der Waals surface area contributed by atoms with E-state index in [4.69, 9.17) is 19.9 Å². The van der Waals surface area contributed by atoms with Crippen LogP contribution in [0.25, 0.3) is 10.6 Å². The number of amides is 1. The van der Waals surface area contributed by atoms with Crippen LogP contribution in [0.4, 0.5) is 14.3 Å². The van der Waals surface area contributed by atoms with E-state index in [0.29, 0.717) is 17.4 Å². The molecule has 9 atom stereocenters. The predicted octanol–water partition coefficient (Wildman–Crippen LogP) is 3.45. The molecule has 0 aromatic carbocycles. The highest BCUT2D eigenvalue weighted by molar-refractivity contribution is 7.18. The van der Waals surface area contributed by atoms with E-state index >= 15 is 4.39 Å². The first kappa shape index (κ1) is 37.2. The van der Waals surface area contributed by atoms with E-state index in [0.717, 1.165) is 11.8 Å². The number of thiazole rings is 1. The van der Waals surface area contributed by atoms with E-state index in [-0.39, 0.29) is 25.2 Å². The number of halogens is 1. The molecule has 2 aromatic rings. The molecule has 4 heterocycles. The summed E-state index contributed by atoms with van der Waals surface area (Å²) in [6.07, 6.45) is 5.40. The fourth-order valence-corrected chi connectivity index (χ4v) is 7.75. The van der Waals surface area contributed by atoms with E-state index in [1.165, 1.54) is 23.3 Å². The van der Waals surface area contributed by atoms with Gasteiger partial charge in [0, 0.05) is 37.6 Å². The van der Waals surface area contributed by atoms with Crippen LogP contribution in [0.1, 0.15) is 61.3 Å². The number of Topliss-reactive ketones (excluding diaryl/α,β-unsaturated/α-hetero) is 2. The maximum Gasteiger partial charge on any atom is 0.411 e. The van der Waals surface area contributed by atoms with E-state index < -0.39 is 70.4 Å². The molecule has 0 bridgehead atoms. The number of hydrogen-bond donors (Lipinski definition) is 1. The number of allylic oxidation sites excluding steroid dienone is 1. The van der Waals surface area contributed by atoms with Gasteiger partial charge in [0.25, 0.3) is 5.67 Å². The molecule has 2 aromatic heterocycles. The molecular weight excluding hydrogens is 642 g/mol. The maximum absolute atomic E-state index is 16.1. The van der Waals surface area contributed by atoms with Crippen LogP contribution < -0.4 is 5.73 Å². The predicted molar refractivity (Wildman–Crippen MR) is 180 cm³/mol. The first-order valence-electron chi connectivity index (χ1n) is 16.2. The Morgan fingerprint density at radius 3 is 2.42 bits per heavy atom. The summed E-state index contributed by atoms with van der Waals surface area (Å²) >= 11 is 1.30. The Balaban J connectivity index is 1.67. The van der Waals surface area contributed by atoms with Crippen molar-refractivity contribution >= 4 is 47.9 Å². The standard InChI is InChI=1S/C32H46BFN6O7S/c1-9-22-32(7)25(40(29(44)47-32)13-11-10-12-39-16-20(37-38-39)21-15-36-28(35)48-21)18(3)23(41)17(2)14-30(5,45-8)24(33)19(4)26(42)31(6,34)27(43)46-22/h10-11,15-19,22,24-25H,9,12-14,33H2,1-8H3,(H2,35,36)/b11-10+/t17-,18+,19-,22-,24-,25-,30-,31+,32-/m1/s1. The molecule has 13 nitrogen and oxygen atoms in total. The third kappa shape index (κ3) is 6.91. The fourth-order valence-electron chi connectivity index (χ4n) is 7.12. The summed E-state index contributed by atoms with van der Waals surface area (Å²) in [5.74, 6) is -5.31. The van der Waals surface area contributed by atoms with Gasteiger partial charge in [-0.2, -0.15) is 0 Å². The van der Waals surface area contributed by atoms with Gasteiger partial charge in [0.2, 0.25) is 0 Å². The van der Waals surface area contributed by atoms with Gasteiger partial charge in [-0.1, -0.05) is 56.4 Å². The fraction of sp³-hybridized carbons (Fsp3) is 0.656. The summed E-state index contributed by atoms with van der Waals surface area (Å²) in [6.45, 7) is 11.4. The first-order chi connectivity index (χ1) is 22.4. The second kappa shape index (κ2) is 14.1. The first-order valence-corrected chi connectivity index (χ1v) is 17.0. The lowest BCUT2D eigenvalue weighted by Crippen LogP contribution is -2.59. The van der Waals surface area contributed by atoms with Gasteiger partial charge < -0.3 is 19.9 Å². The van der Waals surface area contributed by atoms with Crippen LogP contribution in [-0.2, 0) is 35.1 Å². The SMILES string of the molecule is B[C@@H]1[C@@H](C)C(=O)[C@](C)(F)C(=O)O[C@H](CC)[C@@]2(C)OC(=O)N(C/C=C/Cn3cc(-c4cnc(N)s4)nn3)[C@@H]2[C@@H](C)C(=O)[C@H](C)C[C@@]1(C)OC. The highest BCUT2D eigenvalue weighted by Gasteiger charge is 2.61. The molecule has 48 heavy (non-hydrogen) atoms. The lowest BCUT2D eigenvalue weighted by Gasteiger charge is -2.43. The minimum absolute atomic E-state index is 0.0616. The van der Waals surface area contributed by atoms with Crippen molar-refractivity contribution in [1.82, 2.24) is 24.9 Å². The summed E-state index contributed by atoms with van der Waals surface area (Å²) in [5.41, 5.74) is 0.812. The summed E-state index contributed by atoms with van der Waals surface area (Å²) in [4.78, 5) is 60.8. The average Bonchev–Trinajstić information content (AvgIpc) is 3.76. The van der Waals surface area contributed by atoms with Gasteiger partial charge in [-0.05, 0) is 39.4 Å². The minimum Gasteiger partial charge on any atom is -0.455 e. The normalized spacial score (nSPS) is 35.4. The van der Waals surface area contributed by atoms with Crippen LogP contribution in [0.15, 0.2) is 24.5 Å². The molecule has 1 amide bonds. The lowest BCUT2D eigenvalue weighted by molar-refractivity contribution is -0.180. The number of nitrogen functional groups attached to an aromatic ring is 1. The maximum atomic E-state index is 16.1. The van der Waals surface area contributed by atoms with Gasteiger partial charge in [-0.15, -0.1) is 5.10 Å². The van der Waals surface area contributed by atoms with E-state index in [2.05, 4.69) is 15.3 Å². The molecule has 2 aliphatic heterocycles. The number of carbonyl (C=O) groups is 4. The van der Waals surface area contributed by atoms with Gasteiger partial charge in [0.05, 0.1) is 29.3 Å². The smallest absolute Gasteiger partial charge is 0.411 e. The molecule has 0 unspecified atom stereocenters. The van der Waals surface area contributed by atoms with Gasteiger partial charge >= 0.3 is 12.1 Å². The Labute approximate surface area is 285 Å². The quantitative estimate of drug-likeness (QED) is 0.196. The van der Waals surface area contributed by atoms with Crippen molar-refractivity contribution in [3.05, 3.63) is 24.5 Å². The van der Waals surface area contributed by atoms with Crippen molar-refractivity contribution < 1.29 is 37.8 Å². The molecule has 262 valence electrons. The van der Waals surface area contributed by atoms with Crippen LogP contribution in [0.2, 0.25) is 5.82 Å². The van der Waals surface area contributed by atoms with Gasteiger partial charge in [-0.3, -0.25) is 14.5 Å². The third-order valence-corrected chi connectivity index (χ3v) is 11.2. The molecule has 2 aliphatic rings. The Morgan fingerprint density at radius 1 is 1.15 bits per heavy atom.